The van der Waals surface area contributed by atoms with Crippen molar-refractivity contribution >= 4 is 17.7 Å². The maximum Gasteiger partial charge on any atom is 0.322 e. The van der Waals surface area contributed by atoms with Gasteiger partial charge in [0.15, 0.2) is 0 Å². The van der Waals surface area contributed by atoms with E-state index >= 15 is 0 Å². The molecule has 2 rings (SSSR count). The number of carboxylic acids is 1. The van der Waals surface area contributed by atoms with Crippen LogP contribution < -0.4 is 10.1 Å². The van der Waals surface area contributed by atoms with Gasteiger partial charge in [0, 0.05) is 19.3 Å². The molecule has 1 aromatic rings. The highest BCUT2D eigenvalue weighted by Gasteiger charge is 2.31. The van der Waals surface area contributed by atoms with Crippen molar-refractivity contribution in [2.45, 2.75) is 26.4 Å². The molecule has 0 aliphatic carbocycles. The molecule has 1 aromatic heterocycles. The molecule has 0 bridgehead atoms. The SMILES string of the molecule is CC(C)Oc1ncccc1NC(=O)N1CCC(C(=O)O)C1. The van der Waals surface area contributed by atoms with E-state index in [9.17, 15) is 9.59 Å². The van der Waals surface area contributed by atoms with Gasteiger partial charge in [-0.25, -0.2) is 9.78 Å². The number of urea groups is 1. The number of carbonyl (C=O) groups excluding carboxylic acids is 1. The summed E-state index contributed by atoms with van der Waals surface area (Å²) in [6.45, 7) is 4.40. The van der Waals surface area contributed by atoms with Crippen molar-refractivity contribution in [2.75, 3.05) is 18.4 Å². The fraction of sp³-hybridized carbons (Fsp3) is 0.500. The topological polar surface area (TPSA) is 91.8 Å². The Bertz CT molecular complexity index is 533. The minimum absolute atomic E-state index is 0.0567. The number of hydrogen-bond donors (Lipinski definition) is 2. The van der Waals surface area contributed by atoms with Crippen LogP contribution in [0.15, 0.2) is 18.3 Å². The molecule has 7 nitrogen and oxygen atoms in total. The third-order valence-corrected chi connectivity index (χ3v) is 3.18. The Morgan fingerprint density at radius 1 is 1.52 bits per heavy atom. The van der Waals surface area contributed by atoms with Gasteiger partial charge in [-0.3, -0.25) is 4.79 Å². The zero-order valence-corrected chi connectivity index (χ0v) is 12.1. The smallest absolute Gasteiger partial charge is 0.322 e. The minimum atomic E-state index is -0.865. The second kappa shape index (κ2) is 6.43. The van der Waals surface area contributed by atoms with Crippen molar-refractivity contribution in [3.05, 3.63) is 18.3 Å². The number of ether oxygens (including phenoxy) is 1. The summed E-state index contributed by atoms with van der Waals surface area (Å²) < 4.78 is 5.53. The number of aliphatic carboxylic acids is 1. The summed E-state index contributed by atoms with van der Waals surface area (Å²) in [5.41, 5.74) is 0.481. The lowest BCUT2D eigenvalue weighted by molar-refractivity contribution is -0.141. The van der Waals surface area contributed by atoms with Gasteiger partial charge in [0.2, 0.25) is 5.88 Å². The Morgan fingerprint density at radius 2 is 2.29 bits per heavy atom. The third kappa shape index (κ3) is 3.84. The lowest BCUT2D eigenvalue weighted by atomic mass is 10.1. The number of carboxylic acid groups (broad SMARTS) is 1. The van der Waals surface area contributed by atoms with E-state index in [-0.39, 0.29) is 18.7 Å². The average molecular weight is 293 g/mol. The number of rotatable bonds is 4. The number of aromatic nitrogens is 1. The van der Waals surface area contributed by atoms with Crippen LogP contribution in [0.2, 0.25) is 0 Å². The Morgan fingerprint density at radius 3 is 2.90 bits per heavy atom. The fourth-order valence-electron chi connectivity index (χ4n) is 2.14. The first-order valence-corrected chi connectivity index (χ1v) is 6.87. The quantitative estimate of drug-likeness (QED) is 0.883. The molecule has 2 amide bonds. The summed E-state index contributed by atoms with van der Waals surface area (Å²) in [6, 6.07) is 3.07. The molecule has 1 aliphatic heterocycles. The number of anilines is 1. The Hall–Kier alpha value is -2.31. The first kappa shape index (κ1) is 15.1. The van der Waals surface area contributed by atoms with Gasteiger partial charge >= 0.3 is 12.0 Å². The molecule has 114 valence electrons. The van der Waals surface area contributed by atoms with Crippen LogP contribution in [0.5, 0.6) is 5.88 Å². The summed E-state index contributed by atoms with van der Waals surface area (Å²) in [7, 11) is 0. The van der Waals surface area contributed by atoms with Gasteiger partial charge in [0.1, 0.15) is 5.69 Å². The van der Waals surface area contributed by atoms with Crippen LogP contribution in [-0.2, 0) is 4.79 Å². The number of amides is 2. The second-order valence-corrected chi connectivity index (χ2v) is 5.22. The van der Waals surface area contributed by atoms with Crippen LogP contribution in [0.1, 0.15) is 20.3 Å². The normalized spacial score (nSPS) is 17.9. The summed E-state index contributed by atoms with van der Waals surface area (Å²) in [4.78, 5) is 28.7. The predicted molar refractivity (Wildman–Crippen MR) is 76.3 cm³/mol. The van der Waals surface area contributed by atoms with Gasteiger partial charge in [-0.1, -0.05) is 0 Å². The third-order valence-electron chi connectivity index (χ3n) is 3.18. The largest absolute Gasteiger partial charge is 0.481 e. The van der Waals surface area contributed by atoms with E-state index in [4.69, 9.17) is 9.84 Å². The molecular weight excluding hydrogens is 274 g/mol. The van der Waals surface area contributed by atoms with Crippen molar-refractivity contribution in [2.24, 2.45) is 5.92 Å². The van der Waals surface area contributed by atoms with Crippen molar-refractivity contribution in [3.8, 4) is 5.88 Å². The lowest BCUT2D eigenvalue weighted by Crippen LogP contribution is -2.34. The molecular formula is C14H19N3O4. The number of nitrogens with zero attached hydrogens (tertiary/aromatic N) is 2. The van der Waals surface area contributed by atoms with Gasteiger partial charge in [-0.05, 0) is 32.4 Å². The first-order chi connectivity index (χ1) is 9.97. The molecule has 21 heavy (non-hydrogen) atoms. The van der Waals surface area contributed by atoms with E-state index in [0.717, 1.165) is 0 Å². The summed E-state index contributed by atoms with van der Waals surface area (Å²) in [6.07, 6.45) is 2.01. The number of pyridine rings is 1. The molecule has 2 heterocycles. The minimum Gasteiger partial charge on any atom is -0.481 e. The lowest BCUT2D eigenvalue weighted by Gasteiger charge is -2.18. The highest BCUT2D eigenvalue weighted by molar-refractivity contribution is 5.91. The van der Waals surface area contributed by atoms with Gasteiger partial charge in [-0.15, -0.1) is 0 Å². The molecule has 0 aromatic carbocycles. The number of nitrogens with one attached hydrogen (secondary N) is 1. The van der Waals surface area contributed by atoms with E-state index < -0.39 is 11.9 Å². The van der Waals surface area contributed by atoms with Crippen molar-refractivity contribution in [1.29, 1.82) is 0 Å². The molecule has 7 heteroatoms. The molecule has 2 N–H and O–H groups in total. The fourth-order valence-corrected chi connectivity index (χ4v) is 2.14. The van der Waals surface area contributed by atoms with E-state index in [1.165, 1.54) is 4.90 Å². The van der Waals surface area contributed by atoms with E-state index in [1.807, 2.05) is 13.8 Å². The molecule has 1 unspecified atom stereocenters. The summed E-state index contributed by atoms with van der Waals surface area (Å²) >= 11 is 0. The summed E-state index contributed by atoms with van der Waals surface area (Å²) in [5.74, 6) is -0.999. The summed E-state index contributed by atoms with van der Waals surface area (Å²) in [5, 5.41) is 11.7. The predicted octanol–water partition coefficient (Wildman–Crippen LogP) is 1.81. The standard InChI is InChI=1S/C14H19N3O4/c1-9(2)21-12-11(4-3-6-15-12)16-14(20)17-7-5-10(8-17)13(18)19/h3-4,6,9-10H,5,7-8H2,1-2H3,(H,16,20)(H,18,19). The highest BCUT2D eigenvalue weighted by Crippen LogP contribution is 2.23. The molecule has 1 atom stereocenters. The van der Waals surface area contributed by atoms with Crippen LogP contribution in [0.4, 0.5) is 10.5 Å². The van der Waals surface area contributed by atoms with Crippen LogP contribution in [0.25, 0.3) is 0 Å². The van der Waals surface area contributed by atoms with Crippen LogP contribution in [0.3, 0.4) is 0 Å². The molecule has 0 spiro atoms. The number of carbonyl (C=O) groups is 2. The highest BCUT2D eigenvalue weighted by atomic mass is 16.5. The zero-order chi connectivity index (χ0) is 15.4. The van der Waals surface area contributed by atoms with Crippen molar-refractivity contribution in [3.63, 3.8) is 0 Å². The monoisotopic (exact) mass is 293 g/mol. The molecule has 1 saturated heterocycles. The maximum atomic E-state index is 12.2. The number of hydrogen-bond acceptors (Lipinski definition) is 4. The van der Waals surface area contributed by atoms with Gasteiger partial charge in [0.25, 0.3) is 0 Å². The van der Waals surface area contributed by atoms with Gasteiger partial charge < -0.3 is 20.1 Å². The molecule has 0 radical (unpaired) electrons. The average Bonchev–Trinajstić information content (AvgIpc) is 2.90. The van der Waals surface area contributed by atoms with Gasteiger partial charge in [0.05, 0.1) is 12.0 Å². The molecule has 0 saturated carbocycles. The van der Waals surface area contributed by atoms with Crippen LogP contribution in [0, 0.1) is 5.92 Å². The zero-order valence-electron chi connectivity index (χ0n) is 12.1. The van der Waals surface area contributed by atoms with Crippen molar-refractivity contribution < 1.29 is 19.4 Å². The van der Waals surface area contributed by atoms with E-state index in [0.29, 0.717) is 24.5 Å². The van der Waals surface area contributed by atoms with E-state index in [2.05, 4.69) is 10.3 Å². The number of likely N-dealkylation sites (tertiary alicyclic amines) is 1. The Labute approximate surface area is 122 Å². The molecule has 1 aliphatic rings. The van der Waals surface area contributed by atoms with Gasteiger partial charge in [-0.2, -0.15) is 0 Å². The Kier molecular flexibility index (Phi) is 4.62. The van der Waals surface area contributed by atoms with Crippen LogP contribution >= 0.6 is 0 Å². The molecule has 1 fully saturated rings. The Balaban J connectivity index is 2.02. The first-order valence-electron chi connectivity index (χ1n) is 6.87. The maximum absolute atomic E-state index is 12.2. The second-order valence-electron chi connectivity index (χ2n) is 5.22. The van der Waals surface area contributed by atoms with Crippen molar-refractivity contribution in [1.82, 2.24) is 9.88 Å². The van der Waals surface area contributed by atoms with Crippen LogP contribution in [-0.4, -0.2) is 46.2 Å². The van der Waals surface area contributed by atoms with E-state index in [1.54, 1.807) is 18.3 Å².